The van der Waals surface area contributed by atoms with Gasteiger partial charge in [0.15, 0.2) is 9.84 Å². The number of carbonyl (C=O) groups is 1. The van der Waals surface area contributed by atoms with Gasteiger partial charge in [-0.2, -0.15) is 8.78 Å². The topological polar surface area (TPSA) is 112 Å². The maximum absolute atomic E-state index is 13.8. The van der Waals surface area contributed by atoms with Crippen molar-refractivity contribution in [3.8, 4) is 23.0 Å². The minimum Gasteiger partial charge on any atom is -0.496 e. The van der Waals surface area contributed by atoms with Gasteiger partial charge in [0.2, 0.25) is 0 Å². The second-order valence-electron chi connectivity index (χ2n) is 7.40. The van der Waals surface area contributed by atoms with Crippen LogP contribution in [0.3, 0.4) is 0 Å². The van der Waals surface area contributed by atoms with Gasteiger partial charge >= 0.3 is 12.0 Å². The molecule has 0 atom stereocenters. The molecule has 192 valence electrons. The molecule has 0 aliphatic heterocycles. The summed E-state index contributed by atoms with van der Waals surface area (Å²) < 4.78 is 74.2. The number of carboxylic acid groups (broad SMARTS) is 1. The summed E-state index contributed by atoms with van der Waals surface area (Å²) in [6, 6.07) is 3.34. The number of hydrogen-bond acceptors (Lipinski definition) is 8. The molecule has 0 heterocycles. The Balaban J connectivity index is 2.34. The normalized spacial score (nSPS) is 12.1. The van der Waals surface area contributed by atoms with Crippen molar-refractivity contribution in [3.05, 3.63) is 52.4 Å². The Hall–Kier alpha value is -3.38. The van der Waals surface area contributed by atoms with Crippen LogP contribution in [0.1, 0.15) is 16.7 Å². The lowest BCUT2D eigenvalue weighted by molar-refractivity contribution is -0.194. The molecule has 0 saturated heterocycles. The quantitative estimate of drug-likeness (QED) is 0.425. The van der Waals surface area contributed by atoms with Gasteiger partial charge in [0, 0.05) is 29.6 Å². The molecule has 2 aromatic carbocycles. The molecule has 0 radical (unpaired) electrons. The molecular formula is C23H27F2NO8S. The van der Waals surface area contributed by atoms with E-state index in [2.05, 4.69) is 0 Å². The number of alkyl halides is 2. The first-order valence-electron chi connectivity index (χ1n) is 10.1. The summed E-state index contributed by atoms with van der Waals surface area (Å²) in [6.07, 6.45) is 1.33. The first-order valence-corrected chi connectivity index (χ1v) is 11.8. The molecule has 0 spiro atoms. The monoisotopic (exact) mass is 515 g/mol. The number of methoxy groups -OCH3 is 4. The van der Waals surface area contributed by atoms with Crippen molar-refractivity contribution in [2.24, 2.45) is 0 Å². The molecule has 0 unspecified atom stereocenters. The predicted octanol–water partition coefficient (Wildman–Crippen LogP) is 3.42. The predicted molar refractivity (Wildman–Crippen MR) is 125 cm³/mol. The Kier molecular flexibility index (Phi) is 9.05. The molecule has 0 aromatic heterocycles. The Bertz CT molecular complexity index is 1170. The Morgan fingerprint density at radius 3 is 2.06 bits per heavy atom. The highest BCUT2D eigenvalue weighted by molar-refractivity contribution is 7.93. The van der Waals surface area contributed by atoms with Crippen molar-refractivity contribution in [1.29, 1.82) is 0 Å². The van der Waals surface area contributed by atoms with E-state index in [0.717, 1.165) is 12.5 Å². The molecule has 9 nitrogen and oxygen atoms in total. The van der Waals surface area contributed by atoms with Crippen molar-refractivity contribution in [2.75, 3.05) is 35.5 Å². The zero-order valence-electron chi connectivity index (χ0n) is 19.9. The van der Waals surface area contributed by atoms with E-state index in [0.29, 0.717) is 33.3 Å². The molecule has 0 saturated carbocycles. The van der Waals surface area contributed by atoms with Crippen molar-refractivity contribution >= 4 is 21.9 Å². The standard InChI is InChI=1S/C23H27F2NO8S/c1-26(23(24,25)22(27)28)13-16-10-15(6-7-19(16)32-3)14-35(29,30)9-8-18-20(33-4)11-17(31-2)12-21(18)34-5/h6-12H,13-14H2,1-5H3,(H,27,28)/b9-8+. The van der Waals surface area contributed by atoms with Crippen LogP contribution < -0.4 is 18.9 Å². The molecule has 1 N–H and O–H groups in total. The fraction of sp³-hybridized carbons (Fsp3) is 0.348. The van der Waals surface area contributed by atoms with Crippen LogP contribution in [0.2, 0.25) is 0 Å². The molecule has 0 aliphatic rings. The molecule has 0 bridgehead atoms. The number of likely N-dealkylation sites (N-methyl/N-ethyl adjacent to an activating group) is 1. The van der Waals surface area contributed by atoms with E-state index < -0.39 is 34.2 Å². The number of rotatable bonds is 12. The number of aliphatic carboxylic acids is 1. The van der Waals surface area contributed by atoms with Gasteiger partial charge in [-0.05, 0) is 30.8 Å². The molecular weight excluding hydrogens is 488 g/mol. The Morgan fingerprint density at radius 1 is 1.00 bits per heavy atom. The van der Waals surface area contributed by atoms with Crippen LogP contribution in [0, 0.1) is 0 Å². The van der Waals surface area contributed by atoms with Crippen LogP contribution in [0.5, 0.6) is 23.0 Å². The van der Waals surface area contributed by atoms with Crippen LogP contribution in [0.15, 0.2) is 35.7 Å². The average molecular weight is 516 g/mol. The van der Waals surface area contributed by atoms with E-state index in [1.807, 2.05) is 0 Å². The van der Waals surface area contributed by atoms with Crippen molar-refractivity contribution < 1.29 is 46.0 Å². The lowest BCUT2D eigenvalue weighted by atomic mass is 10.1. The zero-order chi connectivity index (χ0) is 26.4. The molecule has 0 amide bonds. The number of nitrogens with zero attached hydrogens (tertiary/aromatic N) is 1. The summed E-state index contributed by atoms with van der Waals surface area (Å²) in [5, 5.41) is 9.74. The van der Waals surface area contributed by atoms with Gasteiger partial charge < -0.3 is 24.1 Å². The van der Waals surface area contributed by atoms with E-state index in [9.17, 15) is 22.0 Å². The molecule has 0 aliphatic carbocycles. The van der Waals surface area contributed by atoms with Gasteiger partial charge in [0.05, 0.1) is 39.8 Å². The van der Waals surface area contributed by atoms with Crippen molar-refractivity contribution in [2.45, 2.75) is 18.3 Å². The number of benzene rings is 2. The van der Waals surface area contributed by atoms with Crippen LogP contribution >= 0.6 is 0 Å². The second kappa shape index (κ2) is 11.4. The van der Waals surface area contributed by atoms with Crippen LogP contribution in [0.25, 0.3) is 6.08 Å². The molecule has 0 fully saturated rings. The maximum Gasteiger partial charge on any atom is 0.401 e. The summed E-state index contributed by atoms with van der Waals surface area (Å²) in [5.74, 6) is -1.40. The number of ether oxygens (including phenoxy) is 4. The van der Waals surface area contributed by atoms with Crippen molar-refractivity contribution in [3.63, 3.8) is 0 Å². The zero-order valence-corrected chi connectivity index (χ0v) is 20.7. The largest absolute Gasteiger partial charge is 0.496 e. The molecule has 35 heavy (non-hydrogen) atoms. The van der Waals surface area contributed by atoms with Gasteiger partial charge in [0.25, 0.3) is 0 Å². The summed E-state index contributed by atoms with van der Waals surface area (Å²) in [5.41, 5.74) is 0.879. The summed E-state index contributed by atoms with van der Waals surface area (Å²) in [6.45, 7) is -0.494. The van der Waals surface area contributed by atoms with E-state index in [4.69, 9.17) is 24.1 Å². The molecule has 12 heteroatoms. The fourth-order valence-electron chi connectivity index (χ4n) is 3.21. The van der Waals surface area contributed by atoms with Gasteiger partial charge in [-0.25, -0.2) is 18.1 Å². The average Bonchev–Trinajstić information content (AvgIpc) is 2.81. The summed E-state index contributed by atoms with van der Waals surface area (Å²) in [4.78, 5) is 11.2. The van der Waals surface area contributed by atoms with E-state index >= 15 is 0 Å². The van der Waals surface area contributed by atoms with Crippen molar-refractivity contribution in [1.82, 2.24) is 4.90 Å². The lowest BCUT2D eigenvalue weighted by Crippen LogP contribution is -2.44. The third kappa shape index (κ3) is 6.83. The highest BCUT2D eigenvalue weighted by atomic mass is 32.2. The van der Waals surface area contributed by atoms with Crippen LogP contribution in [0.4, 0.5) is 8.78 Å². The van der Waals surface area contributed by atoms with Gasteiger partial charge in [-0.1, -0.05) is 6.07 Å². The second-order valence-corrected chi connectivity index (χ2v) is 9.29. The van der Waals surface area contributed by atoms with Gasteiger partial charge in [-0.15, -0.1) is 0 Å². The minimum atomic E-state index is -4.12. The van der Waals surface area contributed by atoms with Crippen LogP contribution in [-0.2, 0) is 26.9 Å². The fourth-order valence-corrected chi connectivity index (χ4v) is 4.30. The van der Waals surface area contributed by atoms with E-state index in [1.165, 1.54) is 52.7 Å². The Morgan fingerprint density at radius 2 is 1.57 bits per heavy atom. The lowest BCUT2D eigenvalue weighted by Gasteiger charge is -2.24. The van der Waals surface area contributed by atoms with Crippen LogP contribution in [-0.4, -0.2) is 65.9 Å². The number of carboxylic acids is 1. The first-order chi connectivity index (χ1) is 16.4. The number of hydrogen-bond donors (Lipinski definition) is 1. The highest BCUT2D eigenvalue weighted by Gasteiger charge is 2.43. The molecule has 2 rings (SSSR count). The summed E-state index contributed by atoms with van der Waals surface area (Å²) in [7, 11) is 2.75. The Labute approximate surface area is 202 Å². The highest BCUT2D eigenvalue weighted by Crippen LogP contribution is 2.35. The third-order valence-electron chi connectivity index (χ3n) is 5.05. The molecule has 2 aromatic rings. The SMILES string of the molecule is COc1cc(OC)c(/C=C/S(=O)(=O)Cc2ccc(OC)c(CN(C)C(F)(F)C(=O)O)c2)c(OC)c1. The summed E-state index contributed by atoms with van der Waals surface area (Å²) >= 11 is 0. The van der Waals surface area contributed by atoms with E-state index in [1.54, 1.807) is 12.1 Å². The van der Waals surface area contributed by atoms with Gasteiger partial charge in [0.1, 0.15) is 23.0 Å². The first kappa shape index (κ1) is 27.9. The number of sulfone groups is 1. The van der Waals surface area contributed by atoms with Gasteiger partial charge in [-0.3, -0.25) is 0 Å². The minimum absolute atomic E-state index is 0.200. The van der Waals surface area contributed by atoms with E-state index in [-0.39, 0.29) is 11.3 Å². The number of halogens is 2. The maximum atomic E-state index is 13.8. The third-order valence-corrected chi connectivity index (χ3v) is 6.34. The smallest absolute Gasteiger partial charge is 0.401 e.